The molecule has 0 fully saturated rings. The quantitative estimate of drug-likeness (QED) is 0.607. The summed E-state index contributed by atoms with van der Waals surface area (Å²) in [5.41, 5.74) is 0.782. The molecule has 16 heavy (non-hydrogen) atoms. The first-order valence-electron chi connectivity index (χ1n) is 5.14. The first-order valence-corrected chi connectivity index (χ1v) is 6.55. The van der Waals surface area contributed by atoms with Crippen LogP contribution in [0.3, 0.4) is 0 Å². The number of rotatable bonds is 7. The van der Waals surface area contributed by atoms with Crippen molar-refractivity contribution in [2.24, 2.45) is 0 Å². The van der Waals surface area contributed by atoms with E-state index in [0.29, 0.717) is 30.6 Å². The molecular formula is C10H15ClN2O2S. The van der Waals surface area contributed by atoms with Crippen LogP contribution in [0.1, 0.15) is 25.5 Å². The van der Waals surface area contributed by atoms with Gasteiger partial charge in [0.25, 0.3) is 0 Å². The first kappa shape index (κ1) is 13.4. The van der Waals surface area contributed by atoms with E-state index in [1.807, 2.05) is 12.3 Å². The van der Waals surface area contributed by atoms with E-state index in [0.717, 1.165) is 12.1 Å². The van der Waals surface area contributed by atoms with E-state index < -0.39 is 0 Å². The van der Waals surface area contributed by atoms with Gasteiger partial charge in [0.1, 0.15) is 0 Å². The topological polar surface area (TPSA) is 51.2 Å². The number of nitrogens with zero attached hydrogens (tertiary/aromatic N) is 1. The van der Waals surface area contributed by atoms with Gasteiger partial charge in [0.2, 0.25) is 5.91 Å². The van der Waals surface area contributed by atoms with Gasteiger partial charge in [0.05, 0.1) is 24.6 Å². The second-order valence-electron chi connectivity index (χ2n) is 3.19. The number of anilines is 1. The number of ether oxygens (including phenoxy) is 1. The van der Waals surface area contributed by atoms with Crippen LogP contribution in [0, 0.1) is 0 Å². The number of hydrogen-bond acceptors (Lipinski definition) is 4. The molecule has 6 heteroatoms. The highest BCUT2D eigenvalue weighted by Gasteiger charge is 2.05. The normalized spacial score (nSPS) is 10.4. The van der Waals surface area contributed by atoms with Crippen LogP contribution in [0.2, 0.25) is 0 Å². The van der Waals surface area contributed by atoms with E-state index in [9.17, 15) is 4.79 Å². The van der Waals surface area contributed by atoms with Gasteiger partial charge in [-0.3, -0.25) is 4.79 Å². The highest BCUT2D eigenvalue weighted by atomic mass is 35.5. The van der Waals surface area contributed by atoms with Crippen LogP contribution >= 0.6 is 22.9 Å². The largest absolute Gasteiger partial charge is 0.381 e. The zero-order chi connectivity index (χ0) is 11.8. The Labute approximate surface area is 104 Å². The average molecular weight is 263 g/mol. The second-order valence-corrected chi connectivity index (χ2v) is 4.31. The van der Waals surface area contributed by atoms with Crippen molar-refractivity contribution in [3.05, 3.63) is 11.1 Å². The third-order valence-corrected chi connectivity index (χ3v) is 2.84. The van der Waals surface area contributed by atoms with Crippen LogP contribution in [-0.2, 0) is 15.4 Å². The van der Waals surface area contributed by atoms with Crippen LogP contribution in [0.5, 0.6) is 0 Å². The zero-order valence-electron chi connectivity index (χ0n) is 9.16. The maximum Gasteiger partial charge on any atom is 0.228 e. The number of thiazole rings is 1. The SMILES string of the molecule is CCCOCCC(=O)Nc1nc(CCl)cs1. The summed E-state index contributed by atoms with van der Waals surface area (Å²) < 4.78 is 5.22. The molecule has 0 aromatic carbocycles. The minimum atomic E-state index is -0.0772. The molecule has 1 heterocycles. The van der Waals surface area contributed by atoms with Crippen molar-refractivity contribution in [3.8, 4) is 0 Å². The Kier molecular flexibility index (Phi) is 6.37. The Balaban J connectivity index is 2.23. The molecule has 1 N–H and O–H groups in total. The molecule has 0 aliphatic carbocycles. The Morgan fingerprint density at radius 1 is 1.62 bits per heavy atom. The number of carbonyl (C=O) groups is 1. The second kappa shape index (κ2) is 7.60. The fourth-order valence-electron chi connectivity index (χ4n) is 1.02. The highest BCUT2D eigenvalue weighted by molar-refractivity contribution is 7.13. The third kappa shape index (κ3) is 4.92. The lowest BCUT2D eigenvalue weighted by Crippen LogP contribution is -2.14. The smallest absolute Gasteiger partial charge is 0.228 e. The van der Waals surface area contributed by atoms with E-state index in [2.05, 4.69) is 10.3 Å². The molecule has 0 unspecified atom stereocenters. The van der Waals surface area contributed by atoms with Crippen molar-refractivity contribution in [3.63, 3.8) is 0 Å². The van der Waals surface area contributed by atoms with E-state index >= 15 is 0 Å². The fraction of sp³-hybridized carbons (Fsp3) is 0.600. The Morgan fingerprint density at radius 2 is 2.44 bits per heavy atom. The Morgan fingerprint density at radius 3 is 3.06 bits per heavy atom. The van der Waals surface area contributed by atoms with Crippen LogP contribution in [-0.4, -0.2) is 24.1 Å². The molecule has 4 nitrogen and oxygen atoms in total. The number of aromatic nitrogens is 1. The van der Waals surface area contributed by atoms with Gasteiger partial charge in [-0.25, -0.2) is 4.98 Å². The number of nitrogens with one attached hydrogen (secondary N) is 1. The molecule has 0 spiro atoms. The van der Waals surface area contributed by atoms with Gasteiger partial charge in [-0.05, 0) is 6.42 Å². The lowest BCUT2D eigenvalue weighted by atomic mass is 10.4. The summed E-state index contributed by atoms with van der Waals surface area (Å²) in [6, 6.07) is 0. The van der Waals surface area contributed by atoms with Gasteiger partial charge in [-0.2, -0.15) is 0 Å². The highest BCUT2D eigenvalue weighted by Crippen LogP contribution is 2.16. The predicted octanol–water partition coefficient (Wildman–Crippen LogP) is 2.64. The summed E-state index contributed by atoms with van der Waals surface area (Å²) in [7, 11) is 0. The lowest BCUT2D eigenvalue weighted by molar-refractivity contribution is -0.117. The number of hydrogen-bond donors (Lipinski definition) is 1. The molecule has 90 valence electrons. The molecular weight excluding hydrogens is 248 g/mol. The number of carbonyl (C=O) groups excluding carboxylic acids is 1. The first-order chi connectivity index (χ1) is 7.76. The minimum Gasteiger partial charge on any atom is -0.381 e. The molecule has 1 aromatic heterocycles. The van der Waals surface area contributed by atoms with E-state index in [1.54, 1.807) is 0 Å². The molecule has 0 atom stereocenters. The zero-order valence-corrected chi connectivity index (χ0v) is 10.7. The van der Waals surface area contributed by atoms with E-state index in [-0.39, 0.29) is 5.91 Å². The third-order valence-electron chi connectivity index (χ3n) is 1.76. The van der Waals surface area contributed by atoms with Crippen molar-refractivity contribution in [2.75, 3.05) is 18.5 Å². The van der Waals surface area contributed by atoms with Crippen LogP contribution in [0.15, 0.2) is 5.38 Å². The van der Waals surface area contributed by atoms with E-state index in [1.165, 1.54) is 11.3 Å². The van der Waals surface area contributed by atoms with Gasteiger partial charge in [0, 0.05) is 12.0 Å². The van der Waals surface area contributed by atoms with Gasteiger partial charge in [-0.15, -0.1) is 22.9 Å². The van der Waals surface area contributed by atoms with Crippen molar-refractivity contribution in [2.45, 2.75) is 25.6 Å². The molecule has 0 saturated heterocycles. The average Bonchev–Trinajstić information content (AvgIpc) is 2.72. The van der Waals surface area contributed by atoms with Crippen molar-refractivity contribution in [1.82, 2.24) is 4.98 Å². The molecule has 1 aromatic rings. The van der Waals surface area contributed by atoms with Crippen LogP contribution in [0.25, 0.3) is 0 Å². The number of alkyl halides is 1. The fourth-order valence-corrected chi connectivity index (χ4v) is 1.97. The van der Waals surface area contributed by atoms with Gasteiger partial charge >= 0.3 is 0 Å². The van der Waals surface area contributed by atoms with Crippen molar-refractivity contribution < 1.29 is 9.53 Å². The summed E-state index contributed by atoms with van der Waals surface area (Å²) in [5.74, 6) is 0.290. The number of amides is 1. The molecule has 0 radical (unpaired) electrons. The maximum absolute atomic E-state index is 11.4. The Hall–Kier alpha value is -0.650. The monoisotopic (exact) mass is 262 g/mol. The standard InChI is InChI=1S/C10H15ClN2O2S/c1-2-4-15-5-3-9(14)13-10-12-8(6-11)7-16-10/h7H,2-6H2,1H3,(H,12,13,14). The predicted molar refractivity (Wildman–Crippen MR) is 66.0 cm³/mol. The van der Waals surface area contributed by atoms with E-state index in [4.69, 9.17) is 16.3 Å². The van der Waals surface area contributed by atoms with Gasteiger partial charge in [0.15, 0.2) is 5.13 Å². The molecule has 1 rings (SSSR count). The van der Waals surface area contributed by atoms with Gasteiger partial charge < -0.3 is 10.1 Å². The summed E-state index contributed by atoms with van der Waals surface area (Å²) in [4.78, 5) is 15.5. The molecule has 0 aliphatic rings. The summed E-state index contributed by atoms with van der Waals surface area (Å²) in [6.07, 6.45) is 1.32. The molecule has 1 amide bonds. The number of halogens is 1. The summed E-state index contributed by atoms with van der Waals surface area (Å²) >= 11 is 6.98. The Bertz CT molecular complexity index is 330. The molecule has 0 saturated carbocycles. The summed E-state index contributed by atoms with van der Waals surface area (Å²) in [5, 5.41) is 5.13. The van der Waals surface area contributed by atoms with Crippen LogP contribution in [0.4, 0.5) is 5.13 Å². The van der Waals surface area contributed by atoms with Crippen molar-refractivity contribution >= 4 is 34.0 Å². The lowest BCUT2D eigenvalue weighted by Gasteiger charge is -2.02. The minimum absolute atomic E-state index is 0.0772. The van der Waals surface area contributed by atoms with Crippen LogP contribution < -0.4 is 5.32 Å². The van der Waals surface area contributed by atoms with Crippen molar-refractivity contribution in [1.29, 1.82) is 0 Å². The molecule has 0 bridgehead atoms. The maximum atomic E-state index is 11.4. The summed E-state index contributed by atoms with van der Waals surface area (Å²) in [6.45, 7) is 3.18. The molecule has 0 aliphatic heterocycles. The van der Waals surface area contributed by atoms with Gasteiger partial charge in [-0.1, -0.05) is 6.92 Å².